The number of aromatic nitrogens is 2. The maximum absolute atomic E-state index is 12.9. The summed E-state index contributed by atoms with van der Waals surface area (Å²) in [5, 5.41) is 4.08. The van der Waals surface area contributed by atoms with Crippen LogP contribution in [0.4, 0.5) is 0 Å². The number of nitrogens with zero attached hydrogens (tertiary/aromatic N) is 2. The van der Waals surface area contributed by atoms with E-state index in [-0.39, 0.29) is 11.5 Å². The summed E-state index contributed by atoms with van der Waals surface area (Å²) in [5.74, 6) is -1.40. The molecule has 0 aliphatic rings. The highest BCUT2D eigenvalue weighted by Crippen LogP contribution is 2.24. The number of rotatable bonds is 6. The lowest BCUT2D eigenvalue weighted by molar-refractivity contribution is 0.0515. The van der Waals surface area contributed by atoms with Crippen LogP contribution in [0.5, 0.6) is 5.75 Å². The first-order valence-electron chi connectivity index (χ1n) is 9.53. The van der Waals surface area contributed by atoms with Crippen LogP contribution in [-0.4, -0.2) is 30.8 Å². The smallest absolute Gasteiger partial charge is 0.362 e. The first-order valence-corrected chi connectivity index (χ1v) is 10.9. The molecule has 0 fully saturated rings. The molecule has 0 unspecified atom stereocenters. The van der Waals surface area contributed by atoms with Crippen LogP contribution in [0, 0.1) is 20.8 Å². The zero-order valence-electron chi connectivity index (χ0n) is 17.6. The van der Waals surface area contributed by atoms with E-state index in [0.717, 1.165) is 21.9 Å². The van der Waals surface area contributed by atoms with E-state index in [4.69, 9.17) is 8.92 Å². The van der Waals surface area contributed by atoms with E-state index in [0.29, 0.717) is 11.3 Å². The molecule has 1 heterocycles. The fourth-order valence-corrected chi connectivity index (χ4v) is 4.20. The number of ether oxygens (including phenoxy) is 1. The number of esters is 1. The summed E-state index contributed by atoms with van der Waals surface area (Å²) in [6, 6.07) is 12.6. The summed E-state index contributed by atoms with van der Waals surface area (Å²) in [5.41, 5.74) is 1.46. The van der Waals surface area contributed by atoms with E-state index in [1.807, 2.05) is 6.92 Å². The Bertz CT molecular complexity index is 1310. The van der Waals surface area contributed by atoms with Gasteiger partial charge in [-0.2, -0.15) is 18.2 Å². The summed E-state index contributed by atoms with van der Waals surface area (Å²) in [4.78, 5) is 25.2. The molecule has 0 saturated heterocycles. The normalized spacial score (nSPS) is 11.2. The molecule has 162 valence electrons. The van der Waals surface area contributed by atoms with E-state index in [1.54, 1.807) is 57.2 Å². The van der Waals surface area contributed by atoms with Crippen LogP contribution in [0.3, 0.4) is 0 Å². The number of benzene rings is 2. The highest BCUT2D eigenvalue weighted by Gasteiger charge is 2.26. The fraction of sp³-hybridized carbons (Fsp3) is 0.227. The molecule has 0 aliphatic heterocycles. The summed E-state index contributed by atoms with van der Waals surface area (Å²) >= 11 is 0. The lowest BCUT2D eigenvalue weighted by atomic mass is 10.2. The number of carbonyl (C=O) groups excluding carboxylic acids is 1. The van der Waals surface area contributed by atoms with Gasteiger partial charge < -0.3 is 8.92 Å². The number of hydrogen-bond acceptors (Lipinski definition) is 7. The quantitative estimate of drug-likeness (QED) is 0.427. The SMILES string of the molecule is CCOC(=O)c1nn(-c2ccccc2C)c(=O)cc1OS(=O)(=O)c1ccc(C)cc1C. The third-order valence-electron chi connectivity index (χ3n) is 4.51. The molecule has 31 heavy (non-hydrogen) atoms. The Balaban J connectivity index is 2.15. The van der Waals surface area contributed by atoms with E-state index >= 15 is 0 Å². The van der Waals surface area contributed by atoms with Gasteiger partial charge in [-0.3, -0.25) is 4.79 Å². The van der Waals surface area contributed by atoms with E-state index in [9.17, 15) is 18.0 Å². The highest BCUT2D eigenvalue weighted by atomic mass is 32.2. The van der Waals surface area contributed by atoms with Crippen molar-refractivity contribution in [1.29, 1.82) is 0 Å². The maximum Gasteiger partial charge on any atom is 0.362 e. The van der Waals surface area contributed by atoms with Gasteiger partial charge in [0.25, 0.3) is 5.56 Å². The highest BCUT2D eigenvalue weighted by molar-refractivity contribution is 7.87. The Kier molecular flexibility index (Phi) is 6.26. The van der Waals surface area contributed by atoms with Gasteiger partial charge in [-0.25, -0.2) is 4.79 Å². The largest absolute Gasteiger partial charge is 0.461 e. The summed E-state index contributed by atoms with van der Waals surface area (Å²) in [6.45, 7) is 6.88. The number of para-hydroxylation sites is 1. The Morgan fingerprint density at radius 3 is 2.39 bits per heavy atom. The molecule has 0 bridgehead atoms. The number of carbonyl (C=O) groups is 1. The van der Waals surface area contributed by atoms with Crippen molar-refractivity contribution in [2.75, 3.05) is 6.61 Å². The van der Waals surface area contributed by atoms with Crippen molar-refractivity contribution >= 4 is 16.1 Å². The zero-order chi connectivity index (χ0) is 22.8. The third kappa shape index (κ3) is 4.66. The second kappa shape index (κ2) is 8.73. The molecule has 9 heteroatoms. The molecule has 3 rings (SSSR count). The molecule has 0 N–H and O–H groups in total. The topological polar surface area (TPSA) is 105 Å². The van der Waals surface area contributed by atoms with Crippen molar-refractivity contribution in [2.45, 2.75) is 32.6 Å². The fourth-order valence-electron chi connectivity index (χ4n) is 3.06. The molecule has 0 radical (unpaired) electrons. The lowest BCUT2D eigenvalue weighted by Gasteiger charge is -2.14. The average Bonchev–Trinajstić information content (AvgIpc) is 2.68. The van der Waals surface area contributed by atoms with Gasteiger partial charge in [0.2, 0.25) is 5.69 Å². The lowest BCUT2D eigenvalue weighted by Crippen LogP contribution is -2.26. The van der Waals surface area contributed by atoms with Crippen LogP contribution >= 0.6 is 0 Å². The molecule has 3 aromatic rings. The van der Waals surface area contributed by atoms with Gasteiger partial charge in [0, 0.05) is 0 Å². The van der Waals surface area contributed by atoms with Crippen molar-refractivity contribution in [1.82, 2.24) is 9.78 Å². The van der Waals surface area contributed by atoms with Gasteiger partial charge in [-0.1, -0.05) is 35.9 Å². The monoisotopic (exact) mass is 442 g/mol. The first kappa shape index (κ1) is 22.2. The van der Waals surface area contributed by atoms with Gasteiger partial charge in [-0.05, 0) is 51.0 Å². The van der Waals surface area contributed by atoms with E-state index in [1.165, 1.54) is 6.07 Å². The predicted octanol–water partition coefficient (Wildman–Crippen LogP) is 3.10. The second-order valence-corrected chi connectivity index (χ2v) is 8.44. The summed E-state index contributed by atoms with van der Waals surface area (Å²) < 4.78 is 37.0. The van der Waals surface area contributed by atoms with Crippen LogP contribution < -0.4 is 9.74 Å². The third-order valence-corrected chi connectivity index (χ3v) is 5.90. The van der Waals surface area contributed by atoms with Crippen molar-refractivity contribution < 1.29 is 22.1 Å². The zero-order valence-corrected chi connectivity index (χ0v) is 18.4. The van der Waals surface area contributed by atoms with Crippen molar-refractivity contribution in [3.05, 3.63) is 81.3 Å². The average molecular weight is 442 g/mol. The molecule has 0 aliphatic carbocycles. The van der Waals surface area contributed by atoms with Crippen molar-refractivity contribution in [3.63, 3.8) is 0 Å². The first-order chi connectivity index (χ1) is 14.6. The van der Waals surface area contributed by atoms with Gasteiger partial charge in [0.1, 0.15) is 4.90 Å². The minimum absolute atomic E-state index is 0.0350. The van der Waals surface area contributed by atoms with Gasteiger partial charge in [0.05, 0.1) is 18.4 Å². The van der Waals surface area contributed by atoms with Crippen molar-refractivity contribution in [3.8, 4) is 11.4 Å². The summed E-state index contributed by atoms with van der Waals surface area (Å²) in [6.07, 6.45) is 0. The molecule has 0 spiro atoms. The summed E-state index contributed by atoms with van der Waals surface area (Å²) in [7, 11) is -4.33. The minimum Gasteiger partial charge on any atom is -0.461 e. The van der Waals surface area contributed by atoms with Crippen LogP contribution in [0.1, 0.15) is 34.1 Å². The standard InChI is InChI=1S/C22H22N2O6S/c1-5-29-22(26)21-18(30-31(27,28)19-11-10-14(2)12-16(19)4)13-20(25)24(23-21)17-9-7-6-8-15(17)3/h6-13H,5H2,1-4H3. The molecule has 2 aromatic carbocycles. The molecule has 1 aromatic heterocycles. The van der Waals surface area contributed by atoms with Gasteiger partial charge in [0.15, 0.2) is 5.75 Å². The second-order valence-electron chi connectivity index (χ2n) is 6.92. The Morgan fingerprint density at radius 1 is 1.03 bits per heavy atom. The van der Waals surface area contributed by atoms with Gasteiger partial charge in [-0.15, -0.1) is 0 Å². The molecule has 0 amide bonds. The molecule has 0 saturated carbocycles. The minimum atomic E-state index is -4.33. The molecular formula is C22H22N2O6S. The molecule has 0 atom stereocenters. The number of aryl methyl sites for hydroxylation is 3. The Morgan fingerprint density at radius 2 is 1.74 bits per heavy atom. The maximum atomic E-state index is 12.9. The van der Waals surface area contributed by atoms with Gasteiger partial charge >= 0.3 is 16.1 Å². The molecular weight excluding hydrogens is 420 g/mol. The Hall–Kier alpha value is -3.46. The van der Waals surface area contributed by atoms with E-state index in [2.05, 4.69) is 5.10 Å². The molecule has 8 nitrogen and oxygen atoms in total. The number of hydrogen-bond donors (Lipinski definition) is 0. The Labute approximate surface area is 180 Å². The van der Waals surface area contributed by atoms with Crippen molar-refractivity contribution in [2.24, 2.45) is 0 Å². The van der Waals surface area contributed by atoms with Crippen LogP contribution in [0.25, 0.3) is 5.69 Å². The van der Waals surface area contributed by atoms with Crippen LogP contribution in [0.2, 0.25) is 0 Å². The van der Waals surface area contributed by atoms with Crippen LogP contribution in [0.15, 0.2) is 58.2 Å². The van der Waals surface area contributed by atoms with Crippen LogP contribution in [-0.2, 0) is 14.9 Å². The predicted molar refractivity (Wildman–Crippen MR) is 114 cm³/mol. The van der Waals surface area contributed by atoms with E-state index < -0.39 is 33.1 Å².